The van der Waals surface area contributed by atoms with E-state index in [9.17, 15) is 0 Å². The summed E-state index contributed by atoms with van der Waals surface area (Å²) in [6.45, 7) is 0. The molecule has 4 heteroatoms. The fraction of sp³-hybridized carbons (Fsp3) is 0.150. The quantitative estimate of drug-likeness (QED) is 0.308. The van der Waals surface area contributed by atoms with Crippen LogP contribution < -0.4 is 0 Å². The molecule has 0 radical (unpaired) electrons. The normalized spacial score (nSPS) is 12.9. The van der Waals surface area contributed by atoms with E-state index in [1.807, 2.05) is 0 Å². The number of hydrogen-bond acceptors (Lipinski definition) is 0. The molecule has 0 aliphatic heterocycles. The molecule has 24 heavy (non-hydrogen) atoms. The number of aromatic nitrogens is 1. The van der Waals surface area contributed by atoms with Crippen molar-refractivity contribution in [1.82, 2.24) is 4.57 Å². The molecule has 1 aliphatic rings. The summed E-state index contributed by atoms with van der Waals surface area (Å²) in [6.07, 6.45) is 3.71. The Labute approximate surface area is 160 Å². The molecule has 0 spiro atoms. The fourth-order valence-corrected chi connectivity index (χ4v) is 3.89. The number of halogens is 2. The van der Waals surface area contributed by atoms with E-state index >= 15 is 0 Å². The van der Waals surface area contributed by atoms with Gasteiger partial charge in [-0.05, 0) is 36.6 Å². The molecule has 1 aliphatic carbocycles. The zero-order valence-corrected chi connectivity index (χ0v) is 17.1. The maximum absolute atomic E-state index is 4.93. The van der Waals surface area contributed by atoms with Gasteiger partial charge in [0.25, 0.3) is 0 Å². The first-order valence-electron chi connectivity index (χ1n) is 8.07. The predicted octanol–water partition coefficient (Wildman–Crippen LogP) is 6.37. The Morgan fingerprint density at radius 1 is 0.958 bits per heavy atom. The Morgan fingerprint density at radius 2 is 1.71 bits per heavy atom. The summed E-state index contributed by atoms with van der Waals surface area (Å²) >= 11 is -0.826. The average Bonchev–Trinajstić information content (AvgIpc) is 3.28. The molecule has 1 heterocycles. The van der Waals surface area contributed by atoms with Crippen LogP contribution in [0.25, 0.3) is 27.4 Å². The topological polar surface area (TPSA) is 4.93 Å². The number of benzene rings is 2. The van der Waals surface area contributed by atoms with Crippen LogP contribution in [0.3, 0.4) is 0 Å². The third-order valence-corrected chi connectivity index (χ3v) is 4.79. The van der Waals surface area contributed by atoms with Crippen molar-refractivity contribution in [2.75, 3.05) is 0 Å². The first kappa shape index (κ1) is 16.5. The summed E-state index contributed by atoms with van der Waals surface area (Å²) in [7, 11) is 9.87. The number of para-hydroxylation sites is 1. The summed E-state index contributed by atoms with van der Waals surface area (Å²) in [6, 6.07) is 22.1. The van der Waals surface area contributed by atoms with Gasteiger partial charge in [-0.15, -0.1) is 41.1 Å². The first-order chi connectivity index (χ1) is 11.8. The van der Waals surface area contributed by atoms with E-state index in [1.54, 1.807) is 5.56 Å². The van der Waals surface area contributed by atoms with Crippen LogP contribution in [0.5, 0.6) is 0 Å². The van der Waals surface area contributed by atoms with Crippen molar-refractivity contribution in [3.05, 3.63) is 71.9 Å². The van der Waals surface area contributed by atoms with Gasteiger partial charge >= 0.3 is 37.9 Å². The van der Waals surface area contributed by atoms with Crippen molar-refractivity contribution in [3.8, 4) is 5.69 Å². The molecule has 0 atom stereocenters. The van der Waals surface area contributed by atoms with Crippen LogP contribution in [0.15, 0.2) is 60.7 Å². The number of hydrogen-bond donors (Lipinski definition) is 0. The molecule has 4 aromatic rings. The van der Waals surface area contributed by atoms with Gasteiger partial charge in [0.05, 0.1) is 5.52 Å². The van der Waals surface area contributed by atoms with E-state index in [-0.39, 0.29) is 0 Å². The molecule has 0 fully saturated rings. The maximum atomic E-state index is 4.93. The zero-order chi connectivity index (χ0) is 16.5. The van der Waals surface area contributed by atoms with Gasteiger partial charge in [0.1, 0.15) is 0 Å². The summed E-state index contributed by atoms with van der Waals surface area (Å²) < 4.78 is 2.48. The average molecular weight is 432 g/mol. The Kier molecular flexibility index (Phi) is 4.90. The van der Waals surface area contributed by atoms with E-state index < -0.39 is 20.8 Å². The van der Waals surface area contributed by atoms with Crippen LogP contribution in [0, 0.1) is 0 Å². The van der Waals surface area contributed by atoms with Gasteiger partial charge in [-0.1, -0.05) is 24.3 Å². The van der Waals surface area contributed by atoms with Crippen molar-refractivity contribution in [3.63, 3.8) is 0 Å². The van der Waals surface area contributed by atoms with Gasteiger partial charge in [0.2, 0.25) is 0 Å². The summed E-state index contributed by atoms with van der Waals surface area (Å²) in [5.74, 6) is 0. The van der Waals surface area contributed by atoms with Crippen LogP contribution in [0.2, 0.25) is 0 Å². The predicted molar refractivity (Wildman–Crippen MR) is 100 cm³/mol. The number of aryl methyl sites for hydroxylation is 1. The molecule has 120 valence electrons. The Balaban J connectivity index is 0.000000455. The van der Waals surface area contributed by atoms with E-state index in [4.69, 9.17) is 17.0 Å². The Bertz CT molecular complexity index is 966. The van der Waals surface area contributed by atoms with Gasteiger partial charge < -0.3 is 4.57 Å². The van der Waals surface area contributed by atoms with Crippen molar-refractivity contribution >= 4 is 38.7 Å². The molecule has 0 unspecified atom stereocenters. The van der Waals surface area contributed by atoms with Gasteiger partial charge in [-0.2, -0.15) is 0 Å². The second-order valence-electron chi connectivity index (χ2n) is 6.05. The van der Waals surface area contributed by atoms with E-state index in [1.165, 1.54) is 52.3 Å². The van der Waals surface area contributed by atoms with Crippen LogP contribution >= 0.6 is 17.0 Å². The molecule has 0 bridgehead atoms. The summed E-state index contributed by atoms with van der Waals surface area (Å²) in [4.78, 5) is 0. The fourth-order valence-electron chi connectivity index (χ4n) is 3.89. The van der Waals surface area contributed by atoms with Crippen LogP contribution in [0.4, 0.5) is 0 Å². The summed E-state index contributed by atoms with van der Waals surface area (Å²) in [5, 5.41) is 4.10. The van der Waals surface area contributed by atoms with Crippen LogP contribution in [0.1, 0.15) is 17.7 Å². The first-order valence-corrected chi connectivity index (χ1v) is 14.4. The van der Waals surface area contributed by atoms with Gasteiger partial charge in [0, 0.05) is 11.1 Å². The molecule has 1 nitrogen and oxygen atoms in total. The van der Waals surface area contributed by atoms with E-state index in [0.29, 0.717) is 0 Å². The number of fused-ring (bicyclic) bond motifs is 4. The summed E-state index contributed by atoms with van der Waals surface area (Å²) in [5.41, 5.74) is 5.76. The minimum atomic E-state index is -0.826. The molecule has 1 aromatic heterocycles. The molecule has 5 rings (SSSR count). The Morgan fingerprint density at radius 3 is 2.54 bits per heavy atom. The molecule has 0 saturated carbocycles. The van der Waals surface area contributed by atoms with Gasteiger partial charge in [-0.25, -0.2) is 0 Å². The second-order valence-corrected chi connectivity index (χ2v) is 9.78. The molecule has 3 aromatic carbocycles. The molecule has 0 saturated heterocycles. The van der Waals surface area contributed by atoms with Crippen molar-refractivity contribution in [2.45, 2.75) is 19.3 Å². The minimum Gasteiger partial charge on any atom is -0.332 e. The molecular formula is C20H16Cl2NZr-. The number of nitrogens with zero attached hydrogens (tertiary/aromatic N) is 1. The largest absolute Gasteiger partial charge is 0.332 e. The van der Waals surface area contributed by atoms with E-state index in [0.717, 1.165) is 0 Å². The monoisotopic (exact) mass is 430 g/mol. The van der Waals surface area contributed by atoms with Crippen molar-refractivity contribution in [2.24, 2.45) is 0 Å². The molecular weight excluding hydrogens is 416 g/mol. The SMILES string of the molecule is [Cl][Zr][Cl].c1ccc2[cH-]c(-n3c4c(c5ccccc53)CCC4)cc2c1. The van der Waals surface area contributed by atoms with Crippen molar-refractivity contribution < 1.29 is 20.8 Å². The molecule has 0 N–H and O–H groups in total. The maximum Gasteiger partial charge on any atom is 0.0516 e. The third-order valence-electron chi connectivity index (χ3n) is 4.79. The standard InChI is InChI=1S/C20H16N.2ClH.Zr/c1-2-7-15-13-16(12-14(15)6-1)21-19-10-4-3-8-17(19)18-9-5-11-20(18)21;;;/h1-4,6-8,10,12-13H,5,9,11H2;2*1H;/q-1;;;+2/p-2. The van der Waals surface area contributed by atoms with Gasteiger partial charge in [-0.3, -0.25) is 0 Å². The third kappa shape index (κ3) is 2.79. The van der Waals surface area contributed by atoms with Crippen LogP contribution in [-0.2, 0) is 33.7 Å². The minimum absolute atomic E-state index is 0.826. The second kappa shape index (κ2) is 7.12. The number of rotatable bonds is 1. The van der Waals surface area contributed by atoms with Gasteiger partial charge in [0.15, 0.2) is 0 Å². The van der Waals surface area contributed by atoms with Crippen LogP contribution in [-0.4, -0.2) is 4.57 Å². The smallest absolute Gasteiger partial charge is 0.0516 e. The molecule has 0 amide bonds. The van der Waals surface area contributed by atoms with E-state index in [2.05, 4.69) is 65.2 Å². The Hall–Kier alpha value is -0.947. The zero-order valence-electron chi connectivity index (χ0n) is 13.1. The van der Waals surface area contributed by atoms with Crippen molar-refractivity contribution in [1.29, 1.82) is 0 Å².